The van der Waals surface area contributed by atoms with Crippen LogP contribution in [0, 0.1) is 11.3 Å². The number of rotatable bonds is 4. The van der Waals surface area contributed by atoms with Gasteiger partial charge in [-0.1, -0.05) is 31.2 Å². The second-order valence-electron chi connectivity index (χ2n) is 4.79. The summed E-state index contributed by atoms with van der Waals surface area (Å²) in [5.74, 6) is 0. The fourth-order valence-corrected chi connectivity index (χ4v) is 2.18. The molecule has 0 aromatic heterocycles. The molecule has 2 N–H and O–H groups in total. The Morgan fingerprint density at radius 1 is 1.15 bits per heavy atom. The number of hydrogen-bond donors (Lipinski definition) is 1. The monoisotopic (exact) mass is 265 g/mol. The van der Waals surface area contributed by atoms with E-state index in [2.05, 4.69) is 25.1 Å². The van der Waals surface area contributed by atoms with E-state index in [1.54, 1.807) is 0 Å². The lowest BCUT2D eigenvalue weighted by Crippen LogP contribution is -2.12. The molecule has 0 bridgehead atoms. The third-order valence-electron chi connectivity index (χ3n) is 3.53. The Labute approximate surface area is 120 Å². The van der Waals surface area contributed by atoms with Crippen LogP contribution < -0.4 is 10.6 Å². The molecule has 0 unspecified atom stereocenters. The number of nitrogens with two attached hydrogens (primary N) is 1. The van der Waals surface area contributed by atoms with Crippen LogP contribution in [0.1, 0.15) is 30.5 Å². The maximum absolute atomic E-state index is 9.17. The molecule has 2 aromatic rings. The molecule has 3 nitrogen and oxygen atoms in total. The zero-order valence-corrected chi connectivity index (χ0v) is 11.9. The van der Waals surface area contributed by atoms with Crippen LogP contribution in [0.4, 0.5) is 11.4 Å². The molecule has 0 radical (unpaired) electrons. The zero-order valence-electron chi connectivity index (χ0n) is 11.9. The standard InChI is InChI=1S/C17H19N3/c1-3-16(19)13-8-10-15(11-9-13)20(2)17-7-5-4-6-14(17)12-18/h4-11,16H,3,19H2,1-2H3/t16-/m0/s1. The highest BCUT2D eigenvalue weighted by atomic mass is 15.1. The summed E-state index contributed by atoms with van der Waals surface area (Å²) in [5.41, 5.74) is 9.78. The number of anilines is 2. The van der Waals surface area contributed by atoms with Gasteiger partial charge in [-0.3, -0.25) is 0 Å². The van der Waals surface area contributed by atoms with E-state index in [1.165, 1.54) is 0 Å². The molecule has 3 heteroatoms. The van der Waals surface area contributed by atoms with Crippen LogP contribution in [0.2, 0.25) is 0 Å². The maximum atomic E-state index is 9.17. The molecule has 1 atom stereocenters. The van der Waals surface area contributed by atoms with Gasteiger partial charge in [0.25, 0.3) is 0 Å². The molecule has 0 heterocycles. The number of para-hydroxylation sites is 1. The van der Waals surface area contributed by atoms with Crippen LogP contribution in [-0.4, -0.2) is 7.05 Å². The van der Waals surface area contributed by atoms with Crippen LogP contribution in [0.15, 0.2) is 48.5 Å². The van der Waals surface area contributed by atoms with E-state index in [0.717, 1.165) is 23.4 Å². The molecule has 20 heavy (non-hydrogen) atoms. The van der Waals surface area contributed by atoms with E-state index in [1.807, 2.05) is 48.3 Å². The van der Waals surface area contributed by atoms with Crippen molar-refractivity contribution in [1.82, 2.24) is 0 Å². The van der Waals surface area contributed by atoms with Gasteiger partial charge in [0.15, 0.2) is 0 Å². The Balaban J connectivity index is 2.30. The Kier molecular flexibility index (Phi) is 4.39. The van der Waals surface area contributed by atoms with Gasteiger partial charge in [-0.15, -0.1) is 0 Å². The lowest BCUT2D eigenvalue weighted by molar-refractivity contribution is 0.699. The van der Waals surface area contributed by atoms with Gasteiger partial charge in [0, 0.05) is 18.8 Å². The first-order valence-corrected chi connectivity index (χ1v) is 6.75. The summed E-state index contributed by atoms with van der Waals surface area (Å²) in [7, 11) is 1.96. The van der Waals surface area contributed by atoms with Crippen molar-refractivity contribution in [3.63, 3.8) is 0 Å². The Morgan fingerprint density at radius 3 is 2.40 bits per heavy atom. The number of nitrogens with zero attached hydrogens (tertiary/aromatic N) is 2. The SMILES string of the molecule is CC[C@H](N)c1ccc(N(C)c2ccccc2C#N)cc1. The Hall–Kier alpha value is -2.31. The smallest absolute Gasteiger partial charge is 0.101 e. The van der Waals surface area contributed by atoms with Crippen molar-refractivity contribution in [2.24, 2.45) is 5.73 Å². The largest absolute Gasteiger partial charge is 0.344 e. The number of hydrogen-bond acceptors (Lipinski definition) is 3. The molecule has 2 aromatic carbocycles. The minimum absolute atomic E-state index is 0.0840. The quantitative estimate of drug-likeness (QED) is 0.916. The summed E-state index contributed by atoms with van der Waals surface area (Å²) >= 11 is 0. The van der Waals surface area contributed by atoms with Crippen molar-refractivity contribution in [3.05, 3.63) is 59.7 Å². The van der Waals surface area contributed by atoms with Crippen molar-refractivity contribution in [2.75, 3.05) is 11.9 Å². The molecule has 0 amide bonds. The zero-order chi connectivity index (χ0) is 14.5. The average molecular weight is 265 g/mol. The fourth-order valence-electron chi connectivity index (χ4n) is 2.18. The molecular formula is C17H19N3. The van der Waals surface area contributed by atoms with Crippen LogP contribution in [0.5, 0.6) is 0 Å². The maximum Gasteiger partial charge on any atom is 0.101 e. The summed E-state index contributed by atoms with van der Waals surface area (Å²) in [4.78, 5) is 2.01. The third-order valence-corrected chi connectivity index (χ3v) is 3.53. The van der Waals surface area contributed by atoms with E-state index >= 15 is 0 Å². The molecule has 0 fully saturated rings. The number of benzene rings is 2. The predicted octanol–water partition coefficient (Wildman–Crippen LogP) is 3.74. The van der Waals surface area contributed by atoms with Gasteiger partial charge in [0.2, 0.25) is 0 Å². The molecule has 0 saturated heterocycles. The molecule has 2 rings (SSSR count). The minimum Gasteiger partial charge on any atom is -0.344 e. The molecular weight excluding hydrogens is 246 g/mol. The van der Waals surface area contributed by atoms with Gasteiger partial charge >= 0.3 is 0 Å². The molecule has 0 aliphatic rings. The topological polar surface area (TPSA) is 53.0 Å². The first kappa shape index (κ1) is 14.1. The fraction of sp³-hybridized carbons (Fsp3) is 0.235. The van der Waals surface area contributed by atoms with Crippen LogP contribution >= 0.6 is 0 Å². The molecule has 0 aliphatic heterocycles. The highest BCUT2D eigenvalue weighted by Gasteiger charge is 2.09. The Bertz CT molecular complexity index is 611. The van der Waals surface area contributed by atoms with E-state index in [4.69, 9.17) is 11.0 Å². The van der Waals surface area contributed by atoms with Crippen LogP contribution in [0.25, 0.3) is 0 Å². The minimum atomic E-state index is 0.0840. The normalized spacial score (nSPS) is 11.7. The van der Waals surface area contributed by atoms with Gasteiger partial charge in [-0.2, -0.15) is 5.26 Å². The summed E-state index contributed by atoms with van der Waals surface area (Å²) in [6.45, 7) is 2.08. The van der Waals surface area contributed by atoms with Crippen LogP contribution in [-0.2, 0) is 0 Å². The summed E-state index contributed by atoms with van der Waals surface area (Å²) in [6, 6.07) is 18.1. The molecule has 102 valence electrons. The second-order valence-corrected chi connectivity index (χ2v) is 4.79. The summed E-state index contributed by atoms with van der Waals surface area (Å²) in [5, 5.41) is 9.17. The molecule has 0 spiro atoms. The van der Waals surface area contributed by atoms with Gasteiger partial charge in [0.1, 0.15) is 6.07 Å². The lowest BCUT2D eigenvalue weighted by atomic mass is 10.0. The molecule has 0 saturated carbocycles. The summed E-state index contributed by atoms with van der Waals surface area (Å²) < 4.78 is 0. The van der Waals surface area contributed by atoms with E-state index in [-0.39, 0.29) is 6.04 Å². The summed E-state index contributed by atoms with van der Waals surface area (Å²) in [6.07, 6.45) is 0.923. The van der Waals surface area contributed by atoms with Crippen molar-refractivity contribution >= 4 is 11.4 Å². The number of nitriles is 1. The van der Waals surface area contributed by atoms with Crippen molar-refractivity contribution < 1.29 is 0 Å². The van der Waals surface area contributed by atoms with Crippen LogP contribution in [0.3, 0.4) is 0 Å². The van der Waals surface area contributed by atoms with Gasteiger partial charge in [0.05, 0.1) is 11.3 Å². The average Bonchev–Trinajstić information content (AvgIpc) is 2.53. The van der Waals surface area contributed by atoms with Crippen molar-refractivity contribution in [2.45, 2.75) is 19.4 Å². The Morgan fingerprint density at radius 2 is 1.80 bits per heavy atom. The molecule has 0 aliphatic carbocycles. The van der Waals surface area contributed by atoms with E-state index < -0.39 is 0 Å². The van der Waals surface area contributed by atoms with Crippen molar-refractivity contribution in [3.8, 4) is 6.07 Å². The first-order chi connectivity index (χ1) is 9.67. The van der Waals surface area contributed by atoms with E-state index in [0.29, 0.717) is 5.56 Å². The van der Waals surface area contributed by atoms with Gasteiger partial charge < -0.3 is 10.6 Å². The highest BCUT2D eigenvalue weighted by Crippen LogP contribution is 2.27. The first-order valence-electron chi connectivity index (χ1n) is 6.75. The highest BCUT2D eigenvalue weighted by molar-refractivity contribution is 5.68. The van der Waals surface area contributed by atoms with E-state index in [9.17, 15) is 0 Å². The predicted molar refractivity (Wildman–Crippen MR) is 82.9 cm³/mol. The third kappa shape index (κ3) is 2.81. The van der Waals surface area contributed by atoms with Crippen molar-refractivity contribution in [1.29, 1.82) is 5.26 Å². The van der Waals surface area contributed by atoms with Gasteiger partial charge in [-0.25, -0.2) is 0 Å². The lowest BCUT2D eigenvalue weighted by Gasteiger charge is -2.21. The van der Waals surface area contributed by atoms with Gasteiger partial charge in [-0.05, 0) is 36.2 Å². The second kappa shape index (κ2) is 6.23.